The average molecular weight is 403 g/mol. The van der Waals surface area contributed by atoms with Crippen LogP contribution >= 0.6 is 0 Å². The highest BCUT2D eigenvalue weighted by Crippen LogP contribution is 2.69. The molecule has 1 N–H and O–H groups in total. The van der Waals surface area contributed by atoms with Crippen LogP contribution in [0, 0.1) is 12.4 Å². The second kappa shape index (κ2) is 5.38. The lowest BCUT2D eigenvalue weighted by Crippen LogP contribution is -2.53. The van der Waals surface area contributed by atoms with Crippen LogP contribution in [-0.2, 0) is 11.5 Å². The molecule has 0 fully saturated rings. The van der Waals surface area contributed by atoms with Gasteiger partial charge in [0.15, 0.2) is 23.6 Å². The van der Waals surface area contributed by atoms with E-state index in [0.29, 0.717) is 12.1 Å². The molecule has 146 valence electrons. The van der Waals surface area contributed by atoms with Gasteiger partial charge in [0.25, 0.3) is 0 Å². The zero-order valence-electron chi connectivity index (χ0n) is 13.5. The lowest BCUT2D eigenvalue weighted by molar-refractivity contribution is -0.302. The van der Waals surface area contributed by atoms with Crippen LogP contribution in [0.1, 0.15) is 22.9 Å². The normalized spacial score (nSPS) is 28.7. The molecule has 0 aliphatic heterocycles. The van der Waals surface area contributed by atoms with Crippen molar-refractivity contribution in [2.75, 3.05) is 0 Å². The van der Waals surface area contributed by atoms with Crippen molar-refractivity contribution in [1.29, 1.82) is 0 Å². The monoisotopic (exact) mass is 403 g/mol. The molecule has 2 aliphatic carbocycles. The molecule has 0 aromatic heterocycles. The fraction of sp³-hybridized carbons (Fsp3) is 0.278. The van der Waals surface area contributed by atoms with Gasteiger partial charge in [-0.05, 0) is 24.3 Å². The van der Waals surface area contributed by atoms with Crippen LogP contribution in [0.15, 0.2) is 30.3 Å². The highest BCUT2D eigenvalue weighted by Gasteiger charge is 2.82. The predicted molar refractivity (Wildman–Crippen MR) is 80.7 cm³/mol. The van der Waals surface area contributed by atoms with E-state index < -0.39 is 58.0 Å². The molecule has 2 aliphatic rings. The molecule has 0 radical (unpaired) electrons. The molecular weight excluding hydrogens is 395 g/mol. The molecule has 28 heavy (non-hydrogen) atoms. The van der Waals surface area contributed by atoms with E-state index in [1.165, 1.54) is 0 Å². The van der Waals surface area contributed by atoms with Gasteiger partial charge in [-0.1, -0.05) is 0 Å². The average Bonchev–Trinajstić information content (AvgIpc) is 2.90. The Balaban J connectivity index is 1.92. The number of hydrogen-bond acceptors (Lipinski definition) is 2. The number of benzene rings is 2. The van der Waals surface area contributed by atoms with Crippen molar-refractivity contribution in [3.63, 3.8) is 0 Å². The first-order valence-electron chi connectivity index (χ1n) is 7.76. The number of aliphatic hydroxyl groups is 1. The Kier molecular flexibility index (Phi) is 3.57. The quantitative estimate of drug-likeness (QED) is 0.534. The van der Waals surface area contributed by atoms with Crippen molar-refractivity contribution in [3.05, 3.63) is 64.3 Å². The lowest BCUT2D eigenvalue weighted by atomic mass is 9.93. The van der Waals surface area contributed by atoms with Gasteiger partial charge in [0.2, 0.25) is 0 Å². The maximum absolute atomic E-state index is 14.5. The number of halogens is 7. The molecule has 10 heteroatoms. The van der Waals surface area contributed by atoms with Crippen LogP contribution in [0.3, 0.4) is 0 Å². The molecule has 0 heterocycles. The Morgan fingerprint density at radius 2 is 1.75 bits per heavy atom. The molecule has 2 aromatic rings. The largest absolute Gasteiger partial charge is 0.458 e. The third-order valence-electron chi connectivity index (χ3n) is 4.94. The summed E-state index contributed by atoms with van der Waals surface area (Å²) in [4.78, 5) is 2.98. The lowest BCUT2D eigenvalue weighted by Gasteiger charge is -2.32. The summed E-state index contributed by atoms with van der Waals surface area (Å²) in [7, 11) is 0. The van der Waals surface area contributed by atoms with E-state index in [1.807, 2.05) is 0 Å². The first-order valence-corrected chi connectivity index (χ1v) is 7.76. The van der Waals surface area contributed by atoms with Crippen molar-refractivity contribution in [1.82, 2.24) is 0 Å². The van der Waals surface area contributed by atoms with Gasteiger partial charge in [-0.3, -0.25) is 0 Å². The summed E-state index contributed by atoms with van der Waals surface area (Å²) in [6.45, 7) is 6.87. The molecule has 0 bridgehead atoms. The zero-order chi connectivity index (χ0) is 20.6. The Bertz CT molecular complexity index is 1050. The molecule has 3 nitrogen and oxygen atoms in total. The topological polar surface area (TPSA) is 33.8 Å². The SMILES string of the molecule is [C-]#[N+]c1cc(F)cc(Oc2ccc3c4c2[C@H](F)[C@@H](F)[C@]4(O)C(F)(F)C3(F)F)c1. The predicted octanol–water partition coefficient (Wildman–Crippen LogP) is 5.46. The Labute approximate surface area is 152 Å². The van der Waals surface area contributed by atoms with E-state index in [4.69, 9.17) is 11.3 Å². The number of alkyl halides is 6. The molecule has 3 atom stereocenters. The maximum Gasteiger partial charge on any atom is 0.349 e. The van der Waals surface area contributed by atoms with E-state index in [9.17, 15) is 35.8 Å². The van der Waals surface area contributed by atoms with Crippen LogP contribution in [0.4, 0.5) is 36.4 Å². The Hall–Kier alpha value is -2.80. The van der Waals surface area contributed by atoms with Crippen LogP contribution in [0.2, 0.25) is 0 Å². The van der Waals surface area contributed by atoms with Crippen molar-refractivity contribution < 1.29 is 40.6 Å². The van der Waals surface area contributed by atoms with E-state index in [1.54, 1.807) is 0 Å². The molecule has 2 aromatic carbocycles. The van der Waals surface area contributed by atoms with Crippen LogP contribution in [0.5, 0.6) is 11.5 Å². The minimum atomic E-state index is -5.30. The van der Waals surface area contributed by atoms with Gasteiger partial charge in [-0.15, -0.1) is 0 Å². The molecular formula is C18H8F7NO2. The van der Waals surface area contributed by atoms with Gasteiger partial charge in [0.1, 0.15) is 17.3 Å². The third-order valence-corrected chi connectivity index (χ3v) is 4.94. The Morgan fingerprint density at radius 3 is 2.39 bits per heavy atom. The fourth-order valence-corrected chi connectivity index (χ4v) is 3.67. The molecule has 0 spiro atoms. The summed E-state index contributed by atoms with van der Waals surface area (Å²) in [5.41, 5.74) is -7.97. The van der Waals surface area contributed by atoms with Crippen molar-refractivity contribution in [2.24, 2.45) is 0 Å². The summed E-state index contributed by atoms with van der Waals surface area (Å²) >= 11 is 0. The van der Waals surface area contributed by atoms with Crippen LogP contribution in [-0.4, -0.2) is 17.2 Å². The van der Waals surface area contributed by atoms with Gasteiger partial charge in [-0.2, -0.15) is 17.6 Å². The summed E-state index contributed by atoms with van der Waals surface area (Å²) in [6, 6.07) is 3.84. The standard InChI is InChI=1S/C18H8F7NO2/c1-26-8-4-7(19)5-9(6-8)28-11-3-2-10-13-12(11)14(20)15(21)16(13,27)18(24,25)17(10,22)23/h2-6,14-15,27H/t14-,15+,16-/m0/s1. The number of ether oxygens (including phenoxy) is 1. The van der Waals surface area contributed by atoms with Gasteiger partial charge < -0.3 is 9.84 Å². The van der Waals surface area contributed by atoms with E-state index in [-0.39, 0.29) is 11.4 Å². The minimum Gasteiger partial charge on any atom is -0.458 e. The van der Waals surface area contributed by atoms with Gasteiger partial charge in [-0.25, -0.2) is 18.0 Å². The first-order chi connectivity index (χ1) is 13.0. The number of hydrogen-bond donors (Lipinski definition) is 1. The smallest absolute Gasteiger partial charge is 0.349 e. The summed E-state index contributed by atoms with van der Waals surface area (Å²) in [6.07, 6.45) is -6.26. The third kappa shape index (κ3) is 1.97. The highest BCUT2D eigenvalue weighted by molar-refractivity contribution is 5.62. The van der Waals surface area contributed by atoms with Crippen LogP contribution < -0.4 is 4.74 Å². The van der Waals surface area contributed by atoms with E-state index in [2.05, 4.69) is 4.85 Å². The molecule has 0 unspecified atom stereocenters. The van der Waals surface area contributed by atoms with E-state index >= 15 is 0 Å². The van der Waals surface area contributed by atoms with Crippen molar-refractivity contribution >= 4 is 5.69 Å². The summed E-state index contributed by atoms with van der Waals surface area (Å²) in [5, 5.41) is 10.1. The second-order valence-electron chi connectivity index (χ2n) is 6.48. The van der Waals surface area contributed by atoms with Gasteiger partial charge in [0.05, 0.1) is 6.57 Å². The summed E-state index contributed by atoms with van der Waals surface area (Å²) < 4.78 is 104. The second-order valence-corrected chi connectivity index (χ2v) is 6.48. The van der Waals surface area contributed by atoms with Gasteiger partial charge in [0, 0.05) is 22.8 Å². The van der Waals surface area contributed by atoms with Crippen LogP contribution in [0.25, 0.3) is 4.85 Å². The first kappa shape index (κ1) is 18.6. The fourth-order valence-electron chi connectivity index (χ4n) is 3.67. The molecule has 4 rings (SSSR count). The zero-order valence-corrected chi connectivity index (χ0v) is 13.5. The van der Waals surface area contributed by atoms with Crippen molar-refractivity contribution in [3.8, 4) is 11.5 Å². The number of nitrogens with zero attached hydrogens (tertiary/aromatic N) is 1. The highest BCUT2D eigenvalue weighted by atomic mass is 19.3. The van der Waals surface area contributed by atoms with Crippen molar-refractivity contribution in [2.45, 2.75) is 29.8 Å². The van der Waals surface area contributed by atoms with E-state index in [0.717, 1.165) is 18.2 Å². The van der Waals surface area contributed by atoms with Gasteiger partial charge >= 0.3 is 11.8 Å². The molecule has 0 amide bonds. The number of rotatable bonds is 2. The Morgan fingerprint density at radius 1 is 1.07 bits per heavy atom. The molecule has 0 saturated heterocycles. The summed E-state index contributed by atoms with van der Waals surface area (Å²) in [5.74, 6) is -12.2. The minimum absolute atomic E-state index is 0.206. The maximum atomic E-state index is 14.5. The molecule has 0 saturated carbocycles.